The molecule has 0 heterocycles. The Kier molecular flexibility index (Phi) is 10.8. The molecular formula is C29H29ClF3NO5. The number of carboxylic acids is 1. The van der Waals surface area contributed by atoms with E-state index >= 15 is 0 Å². The van der Waals surface area contributed by atoms with Gasteiger partial charge in [-0.25, -0.2) is 0 Å². The first-order valence-electron chi connectivity index (χ1n) is 12.4. The number of aliphatic carboxylic acids is 1. The molecule has 6 nitrogen and oxygen atoms in total. The lowest BCUT2D eigenvalue weighted by molar-refractivity contribution is -0.274. The SMILES string of the molecule is CCC[C@H](c1ccc(C(=O)NCCC(=O)O)cc1)C(OCc1ccc(OC(F)(F)F)cc1)c1ccc(Cl)cc1. The first-order valence-corrected chi connectivity index (χ1v) is 12.7. The average molecular weight is 564 g/mol. The molecule has 2 atom stereocenters. The third-order valence-electron chi connectivity index (χ3n) is 5.98. The Morgan fingerprint density at radius 1 is 0.949 bits per heavy atom. The van der Waals surface area contributed by atoms with Crippen LogP contribution < -0.4 is 10.1 Å². The van der Waals surface area contributed by atoms with Crippen LogP contribution in [0.4, 0.5) is 13.2 Å². The molecule has 3 rings (SSSR count). The summed E-state index contributed by atoms with van der Waals surface area (Å²) in [6.45, 7) is 2.23. The number of hydrogen-bond acceptors (Lipinski definition) is 4. The third-order valence-corrected chi connectivity index (χ3v) is 6.23. The molecule has 0 spiro atoms. The van der Waals surface area contributed by atoms with Crippen molar-refractivity contribution in [2.24, 2.45) is 0 Å². The van der Waals surface area contributed by atoms with Crippen molar-refractivity contribution >= 4 is 23.5 Å². The number of benzene rings is 3. The van der Waals surface area contributed by atoms with Gasteiger partial charge in [-0.05, 0) is 59.5 Å². The highest BCUT2D eigenvalue weighted by molar-refractivity contribution is 6.30. The molecule has 0 bridgehead atoms. The Hall–Kier alpha value is -3.56. The van der Waals surface area contributed by atoms with Gasteiger partial charge >= 0.3 is 12.3 Å². The fourth-order valence-corrected chi connectivity index (χ4v) is 4.27. The van der Waals surface area contributed by atoms with Crippen LogP contribution >= 0.6 is 11.6 Å². The second-order valence-corrected chi connectivity index (χ2v) is 9.33. The summed E-state index contributed by atoms with van der Waals surface area (Å²) in [7, 11) is 0. The summed E-state index contributed by atoms with van der Waals surface area (Å²) >= 11 is 6.11. The van der Waals surface area contributed by atoms with E-state index in [1.54, 1.807) is 24.3 Å². The zero-order valence-corrected chi connectivity index (χ0v) is 22.0. The highest BCUT2D eigenvalue weighted by Gasteiger charge is 2.31. The van der Waals surface area contributed by atoms with Gasteiger partial charge in [0.15, 0.2) is 0 Å². The lowest BCUT2D eigenvalue weighted by Crippen LogP contribution is -2.26. The zero-order valence-electron chi connectivity index (χ0n) is 21.2. The number of rotatable bonds is 13. The molecule has 2 N–H and O–H groups in total. The van der Waals surface area contributed by atoms with Gasteiger partial charge in [-0.3, -0.25) is 9.59 Å². The van der Waals surface area contributed by atoms with Gasteiger partial charge in [0, 0.05) is 23.0 Å². The summed E-state index contributed by atoms with van der Waals surface area (Å²) in [5.74, 6) is -1.77. The predicted octanol–water partition coefficient (Wildman–Crippen LogP) is 7.28. The van der Waals surface area contributed by atoms with Crippen LogP contribution in [0.2, 0.25) is 5.02 Å². The number of alkyl halides is 3. The van der Waals surface area contributed by atoms with Crippen LogP contribution in [0.5, 0.6) is 5.75 Å². The number of carbonyl (C=O) groups is 2. The fraction of sp³-hybridized carbons (Fsp3) is 0.310. The van der Waals surface area contributed by atoms with E-state index in [2.05, 4.69) is 17.0 Å². The number of halogens is 4. The van der Waals surface area contributed by atoms with Crippen molar-refractivity contribution in [2.75, 3.05) is 6.54 Å². The number of hydrogen-bond donors (Lipinski definition) is 2. The highest BCUT2D eigenvalue weighted by atomic mass is 35.5. The number of carboxylic acid groups (broad SMARTS) is 1. The van der Waals surface area contributed by atoms with E-state index in [-0.39, 0.29) is 37.1 Å². The maximum atomic E-state index is 12.5. The van der Waals surface area contributed by atoms with Gasteiger partial charge in [0.05, 0.1) is 19.1 Å². The number of nitrogens with one attached hydrogen (secondary N) is 1. The van der Waals surface area contributed by atoms with Gasteiger partial charge in [-0.1, -0.05) is 61.3 Å². The minimum atomic E-state index is -4.76. The monoisotopic (exact) mass is 563 g/mol. The molecule has 39 heavy (non-hydrogen) atoms. The van der Waals surface area contributed by atoms with Crippen molar-refractivity contribution in [1.29, 1.82) is 0 Å². The Morgan fingerprint density at radius 3 is 2.13 bits per heavy atom. The van der Waals surface area contributed by atoms with Crippen LogP contribution in [0.25, 0.3) is 0 Å². The molecule has 1 unspecified atom stereocenters. The summed E-state index contributed by atoms with van der Waals surface area (Å²) in [4.78, 5) is 23.1. The molecule has 0 aliphatic rings. The van der Waals surface area contributed by atoms with Gasteiger partial charge in [-0.15, -0.1) is 13.2 Å². The van der Waals surface area contributed by atoms with Crippen LogP contribution in [0.3, 0.4) is 0 Å². The molecule has 0 aliphatic heterocycles. The van der Waals surface area contributed by atoms with Gasteiger partial charge in [-0.2, -0.15) is 0 Å². The minimum Gasteiger partial charge on any atom is -0.481 e. The summed E-state index contributed by atoms with van der Waals surface area (Å²) in [6, 6.07) is 19.9. The van der Waals surface area contributed by atoms with Crippen molar-refractivity contribution in [3.63, 3.8) is 0 Å². The minimum absolute atomic E-state index is 0.0319. The summed E-state index contributed by atoms with van der Waals surface area (Å²) < 4.78 is 47.8. The van der Waals surface area contributed by atoms with E-state index in [0.29, 0.717) is 16.1 Å². The molecule has 0 saturated carbocycles. The third kappa shape index (κ3) is 9.60. The van der Waals surface area contributed by atoms with Crippen LogP contribution in [-0.2, 0) is 16.1 Å². The molecule has 0 saturated heterocycles. The van der Waals surface area contributed by atoms with Gasteiger partial charge in [0.1, 0.15) is 5.75 Å². The van der Waals surface area contributed by atoms with Crippen molar-refractivity contribution < 1.29 is 37.3 Å². The van der Waals surface area contributed by atoms with Gasteiger partial charge < -0.3 is 19.9 Å². The van der Waals surface area contributed by atoms with Crippen LogP contribution in [0.1, 0.15) is 65.3 Å². The maximum Gasteiger partial charge on any atom is 0.573 e. The van der Waals surface area contributed by atoms with E-state index in [9.17, 15) is 22.8 Å². The smallest absolute Gasteiger partial charge is 0.481 e. The largest absolute Gasteiger partial charge is 0.573 e. The van der Waals surface area contributed by atoms with Gasteiger partial charge in [0.25, 0.3) is 5.91 Å². The molecule has 1 amide bonds. The first-order chi connectivity index (χ1) is 18.6. The van der Waals surface area contributed by atoms with Crippen LogP contribution in [-0.4, -0.2) is 29.9 Å². The molecule has 0 fully saturated rings. The van der Waals surface area contributed by atoms with Crippen molar-refractivity contribution in [1.82, 2.24) is 5.32 Å². The summed E-state index contributed by atoms with van der Waals surface area (Å²) in [5.41, 5.74) is 2.90. The maximum absolute atomic E-state index is 12.5. The van der Waals surface area contributed by atoms with E-state index < -0.39 is 18.4 Å². The summed E-state index contributed by atoms with van der Waals surface area (Å²) in [6.07, 6.45) is -3.74. The lowest BCUT2D eigenvalue weighted by atomic mass is 9.85. The Balaban J connectivity index is 1.81. The Bertz CT molecular complexity index is 1220. The molecule has 3 aromatic carbocycles. The molecule has 3 aromatic rings. The Morgan fingerprint density at radius 2 is 1.56 bits per heavy atom. The highest BCUT2D eigenvalue weighted by Crippen LogP contribution is 2.39. The quantitative estimate of drug-likeness (QED) is 0.228. The first kappa shape index (κ1) is 30.0. The second-order valence-electron chi connectivity index (χ2n) is 8.89. The van der Waals surface area contributed by atoms with Crippen LogP contribution in [0.15, 0.2) is 72.8 Å². The Labute approximate surface area is 229 Å². The predicted molar refractivity (Wildman–Crippen MR) is 141 cm³/mol. The molecule has 0 aliphatic carbocycles. The number of carbonyl (C=O) groups excluding carboxylic acids is 1. The average Bonchev–Trinajstić information content (AvgIpc) is 2.89. The van der Waals surface area contributed by atoms with E-state index in [1.807, 2.05) is 24.3 Å². The van der Waals surface area contributed by atoms with Crippen molar-refractivity contribution in [3.05, 3.63) is 100 Å². The number of ether oxygens (including phenoxy) is 2. The van der Waals surface area contributed by atoms with E-state index in [1.165, 1.54) is 24.3 Å². The standard InChI is InChI=1S/C29H29ClF3NO5/c1-2-3-25(20-6-8-22(9-7-20)28(37)34-17-16-26(35)36)27(21-10-12-23(30)13-11-21)38-18-19-4-14-24(15-5-19)39-29(31,32)33/h4-15,25,27H,2-3,16-18H2,1H3,(H,34,37)(H,35,36)/t25-,27?/m1/s1. The zero-order chi connectivity index (χ0) is 28.4. The van der Waals surface area contributed by atoms with Crippen molar-refractivity contribution in [3.8, 4) is 5.75 Å². The van der Waals surface area contributed by atoms with E-state index in [4.69, 9.17) is 21.4 Å². The van der Waals surface area contributed by atoms with Crippen molar-refractivity contribution in [2.45, 2.75) is 51.2 Å². The summed E-state index contributed by atoms with van der Waals surface area (Å²) in [5, 5.41) is 11.9. The second kappa shape index (κ2) is 14.0. The fourth-order valence-electron chi connectivity index (χ4n) is 4.14. The molecule has 0 radical (unpaired) electrons. The normalized spacial score (nSPS) is 12.9. The lowest BCUT2D eigenvalue weighted by Gasteiger charge is -2.28. The van der Waals surface area contributed by atoms with Gasteiger partial charge in [0.2, 0.25) is 0 Å². The molecular weight excluding hydrogens is 535 g/mol. The van der Waals surface area contributed by atoms with E-state index in [0.717, 1.165) is 24.0 Å². The molecule has 10 heteroatoms. The van der Waals surface area contributed by atoms with Crippen LogP contribution in [0, 0.1) is 0 Å². The molecule has 0 aromatic heterocycles. The molecule has 208 valence electrons. The topological polar surface area (TPSA) is 84.9 Å². The number of amides is 1.